The van der Waals surface area contributed by atoms with Gasteiger partial charge < -0.3 is 5.32 Å². The summed E-state index contributed by atoms with van der Waals surface area (Å²) in [5.74, 6) is 0. The molecular formula is C14H25N3O2. The van der Waals surface area contributed by atoms with Crippen molar-refractivity contribution in [1.29, 1.82) is 0 Å². The molecule has 1 aromatic heterocycles. The minimum absolute atomic E-state index is 0.0805. The highest BCUT2D eigenvalue weighted by Gasteiger charge is 2.23. The van der Waals surface area contributed by atoms with Crippen molar-refractivity contribution >= 4 is 0 Å². The molecule has 0 saturated carbocycles. The van der Waals surface area contributed by atoms with Crippen LogP contribution >= 0.6 is 0 Å². The summed E-state index contributed by atoms with van der Waals surface area (Å²) in [7, 11) is 3.20. The standard InChI is InChI=1S/C14H25N3O2/c1-6-14(7-2,8-3)15-10-11-9-12(18)17(5)13(19)16(11)4/h9,15H,6-8,10H2,1-5H3. The Bertz CT molecular complexity index is 530. The van der Waals surface area contributed by atoms with Gasteiger partial charge in [0.25, 0.3) is 5.56 Å². The Hall–Kier alpha value is -1.36. The molecule has 0 aliphatic rings. The van der Waals surface area contributed by atoms with E-state index in [4.69, 9.17) is 0 Å². The lowest BCUT2D eigenvalue weighted by molar-refractivity contribution is 0.284. The fourth-order valence-electron chi connectivity index (χ4n) is 2.35. The molecule has 1 heterocycles. The number of nitrogens with one attached hydrogen (secondary N) is 1. The summed E-state index contributed by atoms with van der Waals surface area (Å²) in [6.45, 7) is 7.01. The number of aromatic nitrogens is 2. The van der Waals surface area contributed by atoms with Gasteiger partial charge in [0, 0.05) is 37.9 Å². The van der Waals surface area contributed by atoms with Crippen LogP contribution in [0.25, 0.3) is 0 Å². The highest BCUT2D eigenvalue weighted by Crippen LogP contribution is 2.19. The number of rotatable bonds is 6. The minimum atomic E-state index is -0.278. The second kappa shape index (κ2) is 6.19. The van der Waals surface area contributed by atoms with Gasteiger partial charge in [0.1, 0.15) is 0 Å². The van der Waals surface area contributed by atoms with Crippen LogP contribution in [-0.2, 0) is 20.6 Å². The molecule has 0 atom stereocenters. The molecule has 0 bridgehead atoms. The number of nitrogens with zero attached hydrogens (tertiary/aromatic N) is 2. The first-order chi connectivity index (χ1) is 8.90. The van der Waals surface area contributed by atoms with Crippen molar-refractivity contribution in [3.63, 3.8) is 0 Å². The molecule has 0 fully saturated rings. The predicted molar refractivity (Wildman–Crippen MR) is 77.4 cm³/mol. The molecule has 1 N–H and O–H groups in total. The average molecular weight is 267 g/mol. The minimum Gasteiger partial charge on any atom is -0.306 e. The zero-order chi connectivity index (χ0) is 14.6. The highest BCUT2D eigenvalue weighted by atomic mass is 16.2. The molecule has 0 aromatic carbocycles. The van der Waals surface area contributed by atoms with Gasteiger partial charge in [0.15, 0.2) is 0 Å². The molecule has 0 spiro atoms. The van der Waals surface area contributed by atoms with Crippen molar-refractivity contribution in [2.45, 2.75) is 52.1 Å². The van der Waals surface area contributed by atoms with Crippen LogP contribution in [0, 0.1) is 0 Å². The van der Waals surface area contributed by atoms with Gasteiger partial charge in [-0.25, -0.2) is 4.79 Å². The Kier molecular flexibility index (Phi) is 5.11. The zero-order valence-electron chi connectivity index (χ0n) is 12.6. The molecule has 1 rings (SSSR count). The van der Waals surface area contributed by atoms with E-state index in [0.29, 0.717) is 6.54 Å². The van der Waals surface area contributed by atoms with Crippen LogP contribution in [0.1, 0.15) is 45.7 Å². The maximum absolute atomic E-state index is 11.8. The van der Waals surface area contributed by atoms with Crippen molar-refractivity contribution in [3.8, 4) is 0 Å². The third-order valence-electron chi connectivity index (χ3n) is 4.30. The molecule has 0 aliphatic heterocycles. The summed E-state index contributed by atoms with van der Waals surface area (Å²) in [4.78, 5) is 23.5. The molecule has 0 aliphatic carbocycles. The first-order valence-electron chi connectivity index (χ1n) is 6.91. The van der Waals surface area contributed by atoms with E-state index in [1.807, 2.05) is 0 Å². The first kappa shape index (κ1) is 15.7. The third-order valence-corrected chi connectivity index (χ3v) is 4.30. The maximum atomic E-state index is 11.8. The largest absolute Gasteiger partial charge is 0.330 e. The van der Waals surface area contributed by atoms with E-state index >= 15 is 0 Å². The maximum Gasteiger partial charge on any atom is 0.330 e. The lowest BCUT2D eigenvalue weighted by Gasteiger charge is -2.32. The highest BCUT2D eigenvalue weighted by molar-refractivity contribution is 5.03. The van der Waals surface area contributed by atoms with E-state index in [2.05, 4.69) is 26.1 Å². The molecule has 1 aromatic rings. The van der Waals surface area contributed by atoms with E-state index < -0.39 is 0 Å². The quantitative estimate of drug-likeness (QED) is 0.841. The van der Waals surface area contributed by atoms with Crippen molar-refractivity contribution in [2.75, 3.05) is 0 Å². The molecule has 5 nitrogen and oxygen atoms in total. The molecule has 5 heteroatoms. The van der Waals surface area contributed by atoms with Crippen LogP contribution in [-0.4, -0.2) is 14.7 Å². The van der Waals surface area contributed by atoms with Gasteiger partial charge in [-0.2, -0.15) is 0 Å². The van der Waals surface area contributed by atoms with Crippen molar-refractivity contribution in [3.05, 3.63) is 32.6 Å². The van der Waals surface area contributed by atoms with Gasteiger partial charge in [-0.05, 0) is 19.3 Å². The fourth-order valence-corrected chi connectivity index (χ4v) is 2.35. The summed E-state index contributed by atoms with van der Waals surface area (Å²) >= 11 is 0. The monoisotopic (exact) mass is 267 g/mol. The Morgan fingerprint density at radius 1 is 1.05 bits per heavy atom. The topological polar surface area (TPSA) is 56.0 Å². The summed E-state index contributed by atoms with van der Waals surface area (Å²) in [6.07, 6.45) is 3.08. The summed E-state index contributed by atoms with van der Waals surface area (Å²) < 4.78 is 2.65. The Morgan fingerprint density at radius 2 is 1.58 bits per heavy atom. The smallest absolute Gasteiger partial charge is 0.306 e. The Balaban J connectivity index is 3.02. The Labute approximate surface area is 114 Å². The summed E-state index contributed by atoms with van der Waals surface area (Å²) in [5.41, 5.74) is 0.277. The van der Waals surface area contributed by atoms with E-state index in [9.17, 15) is 9.59 Å². The van der Waals surface area contributed by atoms with Gasteiger partial charge in [-0.1, -0.05) is 20.8 Å². The third kappa shape index (κ3) is 3.15. The summed E-state index contributed by atoms with van der Waals surface area (Å²) in [5, 5.41) is 3.51. The van der Waals surface area contributed by atoms with Crippen molar-refractivity contribution in [2.24, 2.45) is 14.1 Å². The van der Waals surface area contributed by atoms with Crippen LogP contribution in [0.15, 0.2) is 15.7 Å². The van der Waals surface area contributed by atoms with E-state index in [1.165, 1.54) is 17.7 Å². The fraction of sp³-hybridized carbons (Fsp3) is 0.714. The van der Waals surface area contributed by atoms with Gasteiger partial charge in [-0.15, -0.1) is 0 Å². The second-order valence-electron chi connectivity index (χ2n) is 5.07. The predicted octanol–water partition coefficient (Wildman–Crippen LogP) is 1.14. The number of hydrogen-bond acceptors (Lipinski definition) is 3. The van der Waals surface area contributed by atoms with Crippen LogP contribution in [0.5, 0.6) is 0 Å². The van der Waals surface area contributed by atoms with Gasteiger partial charge >= 0.3 is 5.69 Å². The van der Waals surface area contributed by atoms with Gasteiger partial charge in [0.2, 0.25) is 0 Å². The van der Waals surface area contributed by atoms with Crippen LogP contribution in [0.2, 0.25) is 0 Å². The molecule has 0 radical (unpaired) electrons. The zero-order valence-corrected chi connectivity index (χ0v) is 12.6. The molecule has 0 saturated heterocycles. The lowest BCUT2D eigenvalue weighted by atomic mass is 9.90. The van der Waals surface area contributed by atoms with Crippen LogP contribution in [0.4, 0.5) is 0 Å². The molecule has 108 valence electrons. The average Bonchev–Trinajstić information content (AvgIpc) is 2.43. The molecule has 0 amide bonds. The normalized spacial score (nSPS) is 11.8. The first-order valence-corrected chi connectivity index (χ1v) is 6.91. The molecular weight excluding hydrogens is 242 g/mol. The van der Waals surface area contributed by atoms with Crippen molar-refractivity contribution < 1.29 is 0 Å². The van der Waals surface area contributed by atoms with E-state index in [-0.39, 0.29) is 16.8 Å². The van der Waals surface area contributed by atoms with E-state index in [1.54, 1.807) is 7.05 Å². The molecule has 0 unspecified atom stereocenters. The van der Waals surface area contributed by atoms with Crippen LogP contribution < -0.4 is 16.6 Å². The van der Waals surface area contributed by atoms with Gasteiger partial charge in [-0.3, -0.25) is 13.9 Å². The van der Waals surface area contributed by atoms with Crippen molar-refractivity contribution in [1.82, 2.24) is 14.5 Å². The van der Waals surface area contributed by atoms with Gasteiger partial charge in [0.05, 0.1) is 0 Å². The SMILES string of the molecule is CCC(CC)(CC)NCc1cc(=O)n(C)c(=O)n1C. The lowest BCUT2D eigenvalue weighted by Crippen LogP contribution is -2.45. The van der Waals surface area contributed by atoms with E-state index in [0.717, 1.165) is 29.5 Å². The molecule has 19 heavy (non-hydrogen) atoms. The Morgan fingerprint density at radius 3 is 2.05 bits per heavy atom. The van der Waals surface area contributed by atoms with Crippen LogP contribution in [0.3, 0.4) is 0 Å². The number of hydrogen-bond donors (Lipinski definition) is 1. The second-order valence-corrected chi connectivity index (χ2v) is 5.07. The summed E-state index contributed by atoms with van der Waals surface area (Å²) in [6, 6.07) is 1.53.